The van der Waals surface area contributed by atoms with Gasteiger partial charge in [0.2, 0.25) is 0 Å². The maximum atomic E-state index is 9.07. The van der Waals surface area contributed by atoms with Crippen LogP contribution in [0.25, 0.3) is 11.1 Å². The summed E-state index contributed by atoms with van der Waals surface area (Å²) in [5, 5.41) is 9.07. The molecule has 0 N–H and O–H groups in total. The standard InChI is InChI=1S/C14H12N2/c1-10-5-3-4-6-13(10)14-7-11(2)16-9-12(14)8-15/h3-7,9H,1-2H3. The van der Waals surface area contributed by atoms with Gasteiger partial charge in [0.05, 0.1) is 5.56 Å². The Morgan fingerprint density at radius 3 is 2.56 bits per heavy atom. The number of nitrogens with zero attached hydrogens (tertiary/aromatic N) is 2. The van der Waals surface area contributed by atoms with Gasteiger partial charge >= 0.3 is 0 Å². The van der Waals surface area contributed by atoms with E-state index in [-0.39, 0.29) is 0 Å². The van der Waals surface area contributed by atoms with Gasteiger partial charge in [0, 0.05) is 17.5 Å². The van der Waals surface area contributed by atoms with Crippen molar-refractivity contribution in [3.63, 3.8) is 0 Å². The number of rotatable bonds is 1. The van der Waals surface area contributed by atoms with Crippen LogP contribution < -0.4 is 0 Å². The second kappa shape index (κ2) is 4.16. The summed E-state index contributed by atoms with van der Waals surface area (Å²) < 4.78 is 0. The molecule has 1 aromatic heterocycles. The van der Waals surface area contributed by atoms with E-state index in [2.05, 4.69) is 11.1 Å². The fraction of sp³-hybridized carbons (Fsp3) is 0.143. The normalized spacial score (nSPS) is 9.81. The van der Waals surface area contributed by atoms with E-state index >= 15 is 0 Å². The van der Waals surface area contributed by atoms with Crippen LogP contribution >= 0.6 is 0 Å². The quantitative estimate of drug-likeness (QED) is 0.721. The van der Waals surface area contributed by atoms with Gasteiger partial charge in [0.15, 0.2) is 0 Å². The smallest absolute Gasteiger partial charge is 0.101 e. The van der Waals surface area contributed by atoms with Crippen LogP contribution in [0.4, 0.5) is 0 Å². The van der Waals surface area contributed by atoms with E-state index < -0.39 is 0 Å². The van der Waals surface area contributed by atoms with Crippen LogP contribution in [0.15, 0.2) is 36.5 Å². The summed E-state index contributed by atoms with van der Waals surface area (Å²) in [6.45, 7) is 3.98. The molecule has 0 fully saturated rings. The Hall–Kier alpha value is -2.14. The zero-order chi connectivity index (χ0) is 11.5. The Bertz CT molecular complexity index is 565. The molecule has 0 aliphatic heterocycles. The van der Waals surface area contributed by atoms with Gasteiger partial charge in [0.25, 0.3) is 0 Å². The number of aromatic nitrogens is 1. The SMILES string of the molecule is Cc1cc(-c2ccccc2C)c(C#N)cn1. The van der Waals surface area contributed by atoms with E-state index in [1.165, 1.54) is 5.56 Å². The van der Waals surface area contributed by atoms with Crippen LogP contribution in [-0.2, 0) is 0 Å². The molecule has 0 bridgehead atoms. The average Bonchev–Trinajstić information content (AvgIpc) is 2.29. The monoisotopic (exact) mass is 208 g/mol. The fourth-order valence-electron chi connectivity index (χ4n) is 1.75. The largest absolute Gasteiger partial charge is 0.260 e. The number of nitriles is 1. The Morgan fingerprint density at radius 1 is 1.12 bits per heavy atom. The summed E-state index contributed by atoms with van der Waals surface area (Å²) in [4.78, 5) is 4.14. The summed E-state index contributed by atoms with van der Waals surface area (Å²) in [6.07, 6.45) is 1.64. The van der Waals surface area contributed by atoms with Gasteiger partial charge in [-0.15, -0.1) is 0 Å². The number of pyridine rings is 1. The minimum Gasteiger partial charge on any atom is -0.260 e. The molecule has 0 unspecified atom stereocenters. The zero-order valence-electron chi connectivity index (χ0n) is 9.36. The first-order valence-corrected chi connectivity index (χ1v) is 5.15. The van der Waals surface area contributed by atoms with Crippen molar-refractivity contribution in [1.29, 1.82) is 5.26 Å². The van der Waals surface area contributed by atoms with E-state index in [0.717, 1.165) is 16.8 Å². The molecule has 16 heavy (non-hydrogen) atoms. The van der Waals surface area contributed by atoms with Gasteiger partial charge in [-0.1, -0.05) is 24.3 Å². The highest BCUT2D eigenvalue weighted by atomic mass is 14.7. The molecule has 2 heteroatoms. The molecule has 1 aromatic carbocycles. The lowest BCUT2D eigenvalue weighted by atomic mass is 9.97. The molecule has 0 aliphatic carbocycles. The Balaban J connectivity index is 2.69. The van der Waals surface area contributed by atoms with Crippen LogP contribution in [0.1, 0.15) is 16.8 Å². The first-order valence-electron chi connectivity index (χ1n) is 5.15. The second-order valence-electron chi connectivity index (χ2n) is 3.80. The molecular weight excluding hydrogens is 196 g/mol. The lowest BCUT2D eigenvalue weighted by molar-refractivity contribution is 1.19. The lowest BCUT2D eigenvalue weighted by Gasteiger charge is -2.08. The molecule has 0 amide bonds. The molecule has 0 spiro atoms. The Kier molecular flexibility index (Phi) is 2.70. The fourth-order valence-corrected chi connectivity index (χ4v) is 1.75. The van der Waals surface area contributed by atoms with Crippen molar-refractivity contribution >= 4 is 0 Å². The van der Waals surface area contributed by atoms with Crippen LogP contribution in [0, 0.1) is 25.2 Å². The summed E-state index contributed by atoms with van der Waals surface area (Å²) in [5.74, 6) is 0. The second-order valence-corrected chi connectivity index (χ2v) is 3.80. The van der Waals surface area contributed by atoms with E-state index in [1.54, 1.807) is 6.20 Å². The predicted molar refractivity (Wildman–Crippen MR) is 63.9 cm³/mol. The first-order chi connectivity index (χ1) is 7.72. The van der Waals surface area contributed by atoms with Gasteiger partial charge < -0.3 is 0 Å². The Labute approximate surface area is 95.2 Å². The van der Waals surface area contributed by atoms with Gasteiger partial charge in [-0.25, -0.2) is 0 Å². The molecule has 2 aromatic rings. The highest BCUT2D eigenvalue weighted by molar-refractivity contribution is 5.72. The van der Waals surface area contributed by atoms with Gasteiger partial charge in [-0.05, 0) is 31.0 Å². The van der Waals surface area contributed by atoms with Crippen molar-refractivity contribution in [2.24, 2.45) is 0 Å². The topological polar surface area (TPSA) is 36.7 Å². The van der Waals surface area contributed by atoms with Crippen LogP contribution in [0.3, 0.4) is 0 Å². The Morgan fingerprint density at radius 2 is 1.88 bits per heavy atom. The minimum atomic E-state index is 0.625. The minimum absolute atomic E-state index is 0.625. The highest BCUT2D eigenvalue weighted by Crippen LogP contribution is 2.26. The molecular formula is C14H12N2. The zero-order valence-corrected chi connectivity index (χ0v) is 9.36. The van der Waals surface area contributed by atoms with Crippen molar-refractivity contribution in [3.8, 4) is 17.2 Å². The molecule has 1 heterocycles. The van der Waals surface area contributed by atoms with Crippen LogP contribution in [-0.4, -0.2) is 4.98 Å². The summed E-state index contributed by atoms with van der Waals surface area (Å²) in [5.41, 5.74) is 4.79. The third-order valence-corrected chi connectivity index (χ3v) is 2.60. The van der Waals surface area contributed by atoms with E-state index in [4.69, 9.17) is 5.26 Å². The van der Waals surface area contributed by atoms with Crippen LogP contribution in [0.2, 0.25) is 0 Å². The summed E-state index contributed by atoms with van der Waals surface area (Å²) in [6, 6.07) is 12.2. The molecule has 2 rings (SSSR count). The van der Waals surface area contributed by atoms with E-state index in [0.29, 0.717) is 5.56 Å². The lowest BCUT2D eigenvalue weighted by Crippen LogP contribution is -1.91. The summed E-state index contributed by atoms with van der Waals surface area (Å²) >= 11 is 0. The first kappa shape index (κ1) is 10.4. The molecule has 0 saturated carbocycles. The molecule has 2 nitrogen and oxygen atoms in total. The molecule has 0 saturated heterocycles. The predicted octanol–water partition coefficient (Wildman–Crippen LogP) is 3.24. The van der Waals surface area contributed by atoms with Crippen LogP contribution in [0.5, 0.6) is 0 Å². The summed E-state index contributed by atoms with van der Waals surface area (Å²) in [7, 11) is 0. The number of benzene rings is 1. The number of hydrogen-bond acceptors (Lipinski definition) is 2. The third kappa shape index (κ3) is 1.80. The van der Waals surface area contributed by atoms with Gasteiger partial charge in [-0.3, -0.25) is 4.98 Å². The molecule has 0 atom stereocenters. The van der Waals surface area contributed by atoms with Crippen molar-refractivity contribution < 1.29 is 0 Å². The molecule has 78 valence electrons. The number of aryl methyl sites for hydroxylation is 2. The van der Waals surface area contributed by atoms with E-state index in [9.17, 15) is 0 Å². The van der Waals surface area contributed by atoms with Gasteiger partial charge in [-0.2, -0.15) is 5.26 Å². The van der Waals surface area contributed by atoms with Crippen molar-refractivity contribution in [2.45, 2.75) is 13.8 Å². The van der Waals surface area contributed by atoms with Gasteiger partial charge in [0.1, 0.15) is 6.07 Å². The molecule has 0 radical (unpaired) electrons. The maximum Gasteiger partial charge on any atom is 0.101 e. The van der Waals surface area contributed by atoms with E-state index in [1.807, 2.05) is 44.2 Å². The third-order valence-electron chi connectivity index (χ3n) is 2.60. The highest BCUT2D eigenvalue weighted by Gasteiger charge is 2.07. The number of hydrogen-bond donors (Lipinski definition) is 0. The van der Waals surface area contributed by atoms with Crippen molar-refractivity contribution in [2.75, 3.05) is 0 Å². The maximum absolute atomic E-state index is 9.07. The molecule has 0 aliphatic rings. The van der Waals surface area contributed by atoms with Crippen molar-refractivity contribution in [1.82, 2.24) is 4.98 Å². The average molecular weight is 208 g/mol. The van der Waals surface area contributed by atoms with Crippen molar-refractivity contribution in [3.05, 3.63) is 53.3 Å².